The van der Waals surface area contributed by atoms with Crippen LogP contribution >= 0.6 is 0 Å². The second kappa shape index (κ2) is 7.93. The van der Waals surface area contributed by atoms with Gasteiger partial charge in [0.25, 0.3) is 0 Å². The summed E-state index contributed by atoms with van der Waals surface area (Å²) in [6.45, 7) is 13.5. The first-order chi connectivity index (χ1) is 14.8. The van der Waals surface area contributed by atoms with Crippen LogP contribution in [-0.4, -0.2) is 43.8 Å². The quantitative estimate of drug-likeness (QED) is 0.475. The van der Waals surface area contributed by atoms with Crippen LogP contribution in [0.5, 0.6) is 0 Å². The summed E-state index contributed by atoms with van der Waals surface area (Å²) in [6, 6.07) is 0. The molecule has 4 N–H and O–H groups in total. The Balaban J connectivity index is 1.67. The summed E-state index contributed by atoms with van der Waals surface area (Å²) in [5.41, 5.74) is -2.40. The van der Waals surface area contributed by atoms with Crippen molar-refractivity contribution in [3.05, 3.63) is 23.8 Å². The molecule has 0 aromatic heterocycles. The van der Waals surface area contributed by atoms with Gasteiger partial charge in [0, 0.05) is 11.8 Å². The van der Waals surface area contributed by atoms with Crippen molar-refractivity contribution in [1.29, 1.82) is 0 Å². The van der Waals surface area contributed by atoms with E-state index < -0.39 is 28.8 Å². The van der Waals surface area contributed by atoms with Crippen LogP contribution in [0.3, 0.4) is 0 Å². The SMILES string of the molecule is CC(C)[C@H](C)/C=C/[C@@H](C)[C@H]1CC[C@H]2C3=C[C@@H](O)[C@@]4(O)C[C@@H](O)CC[C@]4(C)[C@@]3(O)CC[C@]12C. The van der Waals surface area contributed by atoms with Gasteiger partial charge in [0.2, 0.25) is 0 Å². The largest absolute Gasteiger partial charge is 0.393 e. The van der Waals surface area contributed by atoms with E-state index in [4.69, 9.17) is 0 Å². The van der Waals surface area contributed by atoms with E-state index >= 15 is 0 Å². The summed E-state index contributed by atoms with van der Waals surface area (Å²) >= 11 is 0. The zero-order chi connectivity index (χ0) is 23.7. The molecule has 4 aliphatic carbocycles. The number of hydrogen-bond donors (Lipinski definition) is 4. The van der Waals surface area contributed by atoms with Crippen LogP contribution in [0.15, 0.2) is 23.8 Å². The molecule has 3 fully saturated rings. The van der Waals surface area contributed by atoms with Gasteiger partial charge >= 0.3 is 0 Å². The Hall–Kier alpha value is -0.680. The predicted octanol–water partition coefficient (Wildman–Crippen LogP) is 4.61. The highest BCUT2D eigenvalue weighted by Gasteiger charge is 2.70. The summed E-state index contributed by atoms with van der Waals surface area (Å²) in [5.74, 6) is 2.45. The lowest BCUT2D eigenvalue weighted by Crippen LogP contribution is -2.72. The number of fused-ring (bicyclic) bond motifs is 5. The first-order valence-electron chi connectivity index (χ1n) is 13.0. The number of allylic oxidation sites excluding steroid dienone is 2. The molecule has 32 heavy (non-hydrogen) atoms. The molecule has 10 atom stereocenters. The van der Waals surface area contributed by atoms with Crippen molar-refractivity contribution in [3.8, 4) is 0 Å². The maximum Gasteiger partial charge on any atom is 0.105 e. The summed E-state index contributed by atoms with van der Waals surface area (Å²) < 4.78 is 0. The first kappa shape index (κ1) is 24.4. The Labute approximate surface area is 194 Å². The third kappa shape index (κ3) is 3.23. The maximum absolute atomic E-state index is 12.2. The third-order valence-electron chi connectivity index (χ3n) is 10.9. The second-order valence-corrected chi connectivity index (χ2v) is 12.7. The molecule has 0 aliphatic heterocycles. The van der Waals surface area contributed by atoms with Crippen LogP contribution in [0.2, 0.25) is 0 Å². The molecule has 3 saturated carbocycles. The summed E-state index contributed by atoms with van der Waals surface area (Å²) in [7, 11) is 0. The molecule has 0 unspecified atom stereocenters. The highest BCUT2D eigenvalue weighted by atomic mass is 16.4. The van der Waals surface area contributed by atoms with E-state index in [1.807, 2.05) is 6.92 Å². The molecule has 0 heterocycles. The highest BCUT2D eigenvalue weighted by molar-refractivity contribution is 5.40. The topological polar surface area (TPSA) is 80.9 Å². The fraction of sp³-hybridized carbons (Fsp3) is 0.857. The number of hydrogen-bond acceptors (Lipinski definition) is 4. The van der Waals surface area contributed by atoms with Gasteiger partial charge in [0.15, 0.2) is 0 Å². The number of aliphatic hydroxyl groups excluding tert-OH is 2. The molecule has 0 spiro atoms. The van der Waals surface area contributed by atoms with E-state index in [0.717, 1.165) is 24.8 Å². The van der Waals surface area contributed by atoms with E-state index in [-0.39, 0.29) is 17.8 Å². The van der Waals surface area contributed by atoms with Crippen LogP contribution in [0, 0.1) is 40.4 Å². The van der Waals surface area contributed by atoms with Crippen molar-refractivity contribution in [3.63, 3.8) is 0 Å². The van der Waals surface area contributed by atoms with Crippen LogP contribution < -0.4 is 0 Å². The van der Waals surface area contributed by atoms with Crippen LogP contribution in [0.4, 0.5) is 0 Å². The summed E-state index contributed by atoms with van der Waals surface area (Å²) in [6.07, 6.45) is 9.79. The van der Waals surface area contributed by atoms with E-state index in [2.05, 4.69) is 46.8 Å². The van der Waals surface area contributed by atoms with E-state index in [0.29, 0.717) is 42.9 Å². The van der Waals surface area contributed by atoms with Gasteiger partial charge in [-0.1, -0.05) is 59.8 Å². The minimum absolute atomic E-state index is 0.0859. The summed E-state index contributed by atoms with van der Waals surface area (Å²) in [4.78, 5) is 0. The Morgan fingerprint density at radius 2 is 1.62 bits per heavy atom. The zero-order valence-electron chi connectivity index (χ0n) is 21.0. The average Bonchev–Trinajstić information content (AvgIpc) is 3.07. The van der Waals surface area contributed by atoms with E-state index in [1.54, 1.807) is 6.08 Å². The standard InChI is InChI=1S/C28H46O4/c1-17(2)18(3)7-8-19(4)21-9-10-22-23-15-24(30)28(32)16-20(29)11-12-26(28,6)27(23,31)14-13-25(21,22)5/h7-8,15,17-22,24,29-32H,9-14,16H2,1-6H3/b8-7+/t18-,19-,20+,21-,22+,24-,25-,26-,27-,28+/m1/s1. The molecule has 0 bridgehead atoms. The van der Waals surface area contributed by atoms with Crippen molar-refractivity contribution >= 4 is 0 Å². The first-order valence-corrected chi connectivity index (χ1v) is 13.0. The molecule has 0 saturated heterocycles. The Morgan fingerprint density at radius 3 is 2.28 bits per heavy atom. The Kier molecular flexibility index (Phi) is 6.06. The smallest absolute Gasteiger partial charge is 0.105 e. The van der Waals surface area contributed by atoms with Gasteiger partial charge in [-0.3, -0.25) is 0 Å². The molecule has 4 nitrogen and oxygen atoms in total. The molecule has 0 aromatic rings. The van der Waals surface area contributed by atoms with Crippen molar-refractivity contribution in [2.24, 2.45) is 40.4 Å². The molecular weight excluding hydrogens is 400 g/mol. The van der Waals surface area contributed by atoms with Crippen molar-refractivity contribution in [2.75, 3.05) is 0 Å². The zero-order valence-corrected chi connectivity index (χ0v) is 21.0. The summed E-state index contributed by atoms with van der Waals surface area (Å²) in [5, 5.41) is 45.2. The number of aliphatic hydroxyl groups is 4. The van der Waals surface area contributed by atoms with E-state index in [1.165, 1.54) is 0 Å². The molecule has 182 valence electrons. The van der Waals surface area contributed by atoms with Gasteiger partial charge < -0.3 is 20.4 Å². The minimum atomic E-state index is -1.49. The third-order valence-corrected chi connectivity index (χ3v) is 10.9. The second-order valence-electron chi connectivity index (χ2n) is 12.7. The van der Waals surface area contributed by atoms with Gasteiger partial charge in [-0.15, -0.1) is 0 Å². The minimum Gasteiger partial charge on any atom is -0.393 e. The van der Waals surface area contributed by atoms with Crippen LogP contribution in [-0.2, 0) is 0 Å². The molecular formula is C28H46O4. The predicted molar refractivity (Wildman–Crippen MR) is 128 cm³/mol. The average molecular weight is 447 g/mol. The van der Waals surface area contributed by atoms with Gasteiger partial charge in [0.05, 0.1) is 11.7 Å². The maximum atomic E-state index is 12.2. The van der Waals surface area contributed by atoms with E-state index in [9.17, 15) is 20.4 Å². The molecule has 4 aliphatic rings. The molecule has 4 rings (SSSR count). The van der Waals surface area contributed by atoms with Gasteiger partial charge in [0.1, 0.15) is 11.7 Å². The van der Waals surface area contributed by atoms with Gasteiger partial charge in [-0.05, 0) is 79.1 Å². The lowest BCUT2D eigenvalue weighted by Gasteiger charge is -2.65. The number of rotatable bonds is 4. The van der Waals surface area contributed by atoms with Crippen LogP contribution in [0.25, 0.3) is 0 Å². The normalized spacial score (nSPS) is 50.5. The fourth-order valence-corrected chi connectivity index (χ4v) is 8.11. The van der Waals surface area contributed by atoms with Crippen molar-refractivity contribution in [1.82, 2.24) is 0 Å². The molecule has 0 aromatic carbocycles. The molecule has 4 heteroatoms. The fourth-order valence-electron chi connectivity index (χ4n) is 8.11. The lowest BCUT2D eigenvalue weighted by molar-refractivity contribution is -0.258. The lowest BCUT2D eigenvalue weighted by atomic mass is 9.43. The van der Waals surface area contributed by atoms with Gasteiger partial charge in [-0.25, -0.2) is 0 Å². The Morgan fingerprint density at radius 1 is 0.938 bits per heavy atom. The molecule has 0 radical (unpaired) electrons. The molecule has 0 amide bonds. The highest BCUT2D eigenvalue weighted by Crippen LogP contribution is 2.69. The Bertz CT molecular complexity index is 788. The van der Waals surface area contributed by atoms with Crippen molar-refractivity contribution < 1.29 is 20.4 Å². The monoisotopic (exact) mass is 446 g/mol. The van der Waals surface area contributed by atoms with Crippen LogP contribution in [0.1, 0.15) is 86.5 Å². The van der Waals surface area contributed by atoms with Crippen molar-refractivity contribution in [2.45, 2.75) is 110 Å². The van der Waals surface area contributed by atoms with Gasteiger partial charge in [-0.2, -0.15) is 0 Å².